The van der Waals surface area contributed by atoms with Gasteiger partial charge in [0, 0.05) is 18.2 Å². The highest BCUT2D eigenvalue weighted by molar-refractivity contribution is 6.30. The van der Waals surface area contributed by atoms with Gasteiger partial charge in [0.25, 0.3) is 0 Å². The molecule has 0 radical (unpaired) electrons. The van der Waals surface area contributed by atoms with Crippen LogP contribution >= 0.6 is 11.6 Å². The van der Waals surface area contributed by atoms with Gasteiger partial charge < -0.3 is 24.8 Å². The molecule has 3 rings (SSSR count). The molecule has 2 aliphatic rings. The Balaban J connectivity index is 1.64. The van der Waals surface area contributed by atoms with Gasteiger partial charge in [0.2, 0.25) is 11.8 Å². The van der Waals surface area contributed by atoms with E-state index in [1.54, 1.807) is 29.2 Å². The number of halogens is 1. The molecule has 0 aromatic heterocycles. The Hall–Kier alpha value is -1.83. The number of rotatable bonds is 7. The third-order valence-corrected chi connectivity index (χ3v) is 5.34. The van der Waals surface area contributed by atoms with Crippen molar-refractivity contribution in [2.24, 2.45) is 5.73 Å². The number of ether oxygens (including phenoxy) is 3. The van der Waals surface area contributed by atoms with E-state index in [-0.39, 0.29) is 31.6 Å². The van der Waals surface area contributed by atoms with Crippen molar-refractivity contribution in [3.63, 3.8) is 0 Å². The average molecular weight is 411 g/mol. The lowest BCUT2D eigenvalue weighted by molar-refractivity contribution is -0.163. The lowest BCUT2D eigenvalue weighted by atomic mass is 9.96. The first-order chi connectivity index (χ1) is 13.5. The van der Waals surface area contributed by atoms with Crippen LogP contribution in [0.25, 0.3) is 0 Å². The molecule has 0 unspecified atom stereocenters. The van der Waals surface area contributed by atoms with E-state index < -0.39 is 11.5 Å². The lowest BCUT2D eigenvalue weighted by Crippen LogP contribution is -2.58. The molecule has 154 valence electrons. The maximum atomic E-state index is 12.8. The van der Waals surface area contributed by atoms with E-state index in [1.807, 2.05) is 0 Å². The fourth-order valence-corrected chi connectivity index (χ4v) is 3.78. The number of nitrogens with zero attached hydrogens (tertiary/aromatic N) is 1. The Bertz CT molecular complexity index is 678. The maximum Gasteiger partial charge on any atom is 0.225 e. The van der Waals surface area contributed by atoms with Crippen molar-refractivity contribution in [2.75, 3.05) is 32.9 Å². The Morgan fingerprint density at radius 2 is 2.04 bits per heavy atom. The Labute approximate surface area is 170 Å². The Kier molecular flexibility index (Phi) is 7.15. The first-order valence-corrected chi connectivity index (χ1v) is 10.0. The smallest absolute Gasteiger partial charge is 0.225 e. The van der Waals surface area contributed by atoms with E-state index in [9.17, 15) is 9.59 Å². The second kappa shape index (κ2) is 9.58. The maximum absolute atomic E-state index is 12.8. The molecule has 1 aromatic carbocycles. The summed E-state index contributed by atoms with van der Waals surface area (Å²) in [4.78, 5) is 26.2. The molecule has 0 bridgehead atoms. The van der Waals surface area contributed by atoms with Gasteiger partial charge in [-0.05, 0) is 43.5 Å². The van der Waals surface area contributed by atoms with Crippen molar-refractivity contribution in [1.29, 1.82) is 0 Å². The quantitative estimate of drug-likeness (QED) is 0.743. The normalized spacial score (nSPS) is 25.3. The summed E-state index contributed by atoms with van der Waals surface area (Å²) < 4.78 is 17.4. The molecule has 2 fully saturated rings. The molecule has 28 heavy (non-hydrogen) atoms. The molecule has 2 amide bonds. The minimum absolute atomic E-state index is 0.00976. The zero-order valence-electron chi connectivity index (χ0n) is 15.9. The van der Waals surface area contributed by atoms with Crippen LogP contribution in [-0.2, 0) is 19.1 Å². The van der Waals surface area contributed by atoms with Gasteiger partial charge in [0.1, 0.15) is 18.0 Å². The van der Waals surface area contributed by atoms with Crippen LogP contribution in [0, 0.1) is 0 Å². The minimum Gasteiger partial charge on any atom is -0.490 e. The zero-order chi connectivity index (χ0) is 20.0. The third-order valence-electron chi connectivity index (χ3n) is 5.09. The molecule has 1 aromatic rings. The number of hydrogen-bond acceptors (Lipinski definition) is 5. The fourth-order valence-electron chi connectivity index (χ4n) is 3.66. The van der Waals surface area contributed by atoms with Crippen LogP contribution < -0.4 is 10.5 Å². The van der Waals surface area contributed by atoms with Crippen molar-refractivity contribution in [3.05, 3.63) is 29.3 Å². The molecule has 8 heteroatoms. The summed E-state index contributed by atoms with van der Waals surface area (Å²) in [6.07, 6.45) is 3.34. The van der Waals surface area contributed by atoms with Gasteiger partial charge >= 0.3 is 0 Å². The van der Waals surface area contributed by atoms with Gasteiger partial charge in [0.05, 0.1) is 32.1 Å². The first-order valence-electron chi connectivity index (χ1n) is 9.66. The Morgan fingerprint density at radius 3 is 2.71 bits per heavy atom. The van der Waals surface area contributed by atoms with Gasteiger partial charge in [-0.15, -0.1) is 0 Å². The molecular weight excluding hydrogens is 384 g/mol. The first kappa shape index (κ1) is 20.9. The standard InChI is InChI=1S/C20H27ClN2O5/c21-15-4-6-16(7-5-15)27-14-20(12-18(22)24)13-23(8-10-28-20)19(25)11-17-3-1-2-9-26-17/h4-7,17H,1-3,8-14H2,(H2,22,24)/t17-,20+/m0/s1. The summed E-state index contributed by atoms with van der Waals surface area (Å²) in [6.45, 7) is 1.89. The van der Waals surface area contributed by atoms with E-state index >= 15 is 0 Å². The highest BCUT2D eigenvalue weighted by atomic mass is 35.5. The molecule has 0 aliphatic carbocycles. The second-order valence-electron chi connectivity index (χ2n) is 7.43. The lowest BCUT2D eigenvalue weighted by Gasteiger charge is -2.42. The van der Waals surface area contributed by atoms with Gasteiger partial charge in [-0.3, -0.25) is 9.59 Å². The number of benzene rings is 1. The van der Waals surface area contributed by atoms with Crippen LogP contribution in [0.15, 0.2) is 24.3 Å². The van der Waals surface area contributed by atoms with Gasteiger partial charge in [-0.25, -0.2) is 0 Å². The second-order valence-corrected chi connectivity index (χ2v) is 7.86. The number of nitrogens with two attached hydrogens (primary N) is 1. The van der Waals surface area contributed by atoms with Crippen molar-refractivity contribution >= 4 is 23.4 Å². The summed E-state index contributed by atoms with van der Waals surface area (Å²) in [5.41, 5.74) is 4.49. The zero-order valence-corrected chi connectivity index (χ0v) is 16.7. The number of primary amides is 1. The number of morpholine rings is 1. The van der Waals surface area contributed by atoms with E-state index in [0.29, 0.717) is 37.0 Å². The third kappa shape index (κ3) is 5.83. The topological polar surface area (TPSA) is 91.1 Å². The van der Waals surface area contributed by atoms with Crippen LogP contribution in [0.3, 0.4) is 0 Å². The predicted octanol–water partition coefficient (Wildman–Crippen LogP) is 2.15. The molecule has 2 N–H and O–H groups in total. The molecule has 7 nitrogen and oxygen atoms in total. The highest BCUT2D eigenvalue weighted by Gasteiger charge is 2.41. The SMILES string of the molecule is NC(=O)C[C@]1(COc2ccc(Cl)cc2)CN(C(=O)C[C@@H]2CCCCO2)CCO1. The minimum atomic E-state index is -0.965. The van der Waals surface area contributed by atoms with Crippen LogP contribution in [-0.4, -0.2) is 61.3 Å². The summed E-state index contributed by atoms with van der Waals surface area (Å²) in [6, 6.07) is 6.93. The molecular formula is C20H27ClN2O5. The largest absolute Gasteiger partial charge is 0.490 e. The summed E-state index contributed by atoms with van der Waals surface area (Å²) in [7, 11) is 0. The highest BCUT2D eigenvalue weighted by Crippen LogP contribution is 2.26. The number of hydrogen-bond donors (Lipinski definition) is 1. The molecule has 2 saturated heterocycles. The Morgan fingerprint density at radius 1 is 1.25 bits per heavy atom. The predicted molar refractivity (Wildman–Crippen MR) is 104 cm³/mol. The van der Waals surface area contributed by atoms with Crippen molar-refractivity contribution in [3.8, 4) is 5.75 Å². The number of carbonyl (C=O) groups is 2. The summed E-state index contributed by atoms with van der Waals surface area (Å²) in [5.74, 6) is 0.121. The molecule has 0 saturated carbocycles. The van der Waals surface area contributed by atoms with E-state index in [1.165, 1.54) is 0 Å². The van der Waals surface area contributed by atoms with Crippen molar-refractivity contribution < 1.29 is 23.8 Å². The van der Waals surface area contributed by atoms with Crippen LogP contribution in [0.5, 0.6) is 5.75 Å². The van der Waals surface area contributed by atoms with E-state index in [0.717, 1.165) is 19.3 Å². The molecule has 2 heterocycles. The molecule has 2 atom stereocenters. The summed E-state index contributed by atoms with van der Waals surface area (Å²) in [5, 5.41) is 0.606. The van der Waals surface area contributed by atoms with Gasteiger partial charge in [-0.1, -0.05) is 11.6 Å². The monoisotopic (exact) mass is 410 g/mol. The van der Waals surface area contributed by atoms with E-state index in [4.69, 9.17) is 31.5 Å². The van der Waals surface area contributed by atoms with Crippen LogP contribution in [0.4, 0.5) is 0 Å². The average Bonchev–Trinajstić information content (AvgIpc) is 2.68. The van der Waals surface area contributed by atoms with Gasteiger partial charge in [-0.2, -0.15) is 0 Å². The van der Waals surface area contributed by atoms with Crippen molar-refractivity contribution in [1.82, 2.24) is 4.90 Å². The van der Waals surface area contributed by atoms with E-state index in [2.05, 4.69) is 0 Å². The van der Waals surface area contributed by atoms with Crippen LogP contribution in [0.1, 0.15) is 32.1 Å². The van der Waals surface area contributed by atoms with Gasteiger partial charge in [0.15, 0.2) is 0 Å². The molecule has 0 spiro atoms. The molecule has 2 aliphatic heterocycles. The van der Waals surface area contributed by atoms with Crippen molar-refractivity contribution in [2.45, 2.75) is 43.8 Å². The number of amides is 2. The number of carbonyl (C=O) groups excluding carboxylic acids is 2. The summed E-state index contributed by atoms with van der Waals surface area (Å²) >= 11 is 5.89. The fraction of sp³-hybridized carbons (Fsp3) is 0.600. The van der Waals surface area contributed by atoms with Crippen LogP contribution in [0.2, 0.25) is 5.02 Å².